The van der Waals surface area contributed by atoms with E-state index in [-0.39, 0.29) is 6.61 Å². The first-order valence-electron chi connectivity index (χ1n) is 12.3. The number of fused-ring (bicyclic) bond motifs is 1. The lowest BCUT2D eigenvalue weighted by molar-refractivity contribution is 0.0526. The third-order valence-electron chi connectivity index (χ3n) is 5.70. The van der Waals surface area contributed by atoms with Gasteiger partial charge >= 0.3 is 12.0 Å². The molecule has 1 aliphatic carbocycles. The predicted molar refractivity (Wildman–Crippen MR) is 139 cm³/mol. The monoisotopic (exact) mass is 501 g/mol. The van der Waals surface area contributed by atoms with Gasteiger partial charge in [-0.2, -0.15) is 5.10 Å². The number of aryl methyl sites for hydroxylation is 1. The number of anilines is 1. The third-order valence-corrected chi connectivity index (χ3v) is 6.91. The van der Waals surface area contributed by atoms with E-state index in [4.69, 9.17) is 14.2 Å². The number of nitrogens with zero attached hydrogens (tertiary/aromatic N) is 1. The van der Waals surface area contributed by atoms with E-state index < -0.39 is 12.0 Å². The smallest absolute Gasteiger partial charge is 0.341 e. The lowest BCUT2D eigenvalue weighted by Crippen LogP contribution is -2.25. The summed E-state index contributed by atoms with van der Waals surface area (Å²) in [5.74, 6) is 0.891. The van der Waals surface area contributed by atoms with Crippen LogP contribution < -0.4 is 20.2 Å². The molecule has 0 saturated heterocycles. The fourth-order valence-electron chi connectivity index (χ4n) is 3.96. The summed E-state index contributed by atoms with van der Waals surface area (Å²) >= 11 is 1.44. The highest BCUT2D eigenvalue weighted by molar-refractivity contribution is 7.17. The molecule has 0 spiro atoms. The van der Waals surface area contributed by atoms with E-state index in [0.717, 1.165) is 54.5 Å². The van der Waals surface area contributed by atoms with E-state index in [2.05, 4.69) is 22.8 Å². The molecule has 1 heterocycles. The van der Waals surface area contributed by atoms with E-state index in [9.17, 15) is 9.59 Å². The Labute approximate surface area is 211 Å². The number of benzene rings is 1. The molecule has 1 aromatic heterocycles. The van der Waals surface area contributed by atoms with Crippen LogP contribution in [0.25, 0.3) is 0 Å². The van der Waals surface area contributed by atoms with Crippen molar-refractivity contribution in [2.75, 3.05) is 25.6 Å². The molecule has 0 atom stereocenters. The maximum atomic E-state index is 12.5. The highest BCUT2D eigenvalue weighted by atomic mass is 32.1. The maximum Gasteiger partial charge on any atom is 0.341 e. The number of unbranched alkanes of at least 4 members (excludes halogenated alkanes) is 3. The van der Waals surface area contributed by atoms with Gasteiger partial charge in [-0.1, -0.05) is 26.2 Å². The Morgan fingerprint density at radius 3 is 2.71 bits per heavy atom. The zero-order valence-corrected chi connectivity index (χ0v) is 21.6. The normalized spacial score (nSPS) is 12.8. The molecule has 1 aliphatic rings. The minimum Gasteiger partial charge on any atom is -0.493 e. The zero-order valence-electron chi connectivity index (χ0n) is 20.8. The number of rotatable bonds is 12. The van der Waals surface area contributed by atoms with Crippen molar-refractivity contribution >= 4 is 34.6 Å². The largest absolute Gasteiger partial charge is 0.493 e. The van der Waals surface area contributed by atoms with Crippen LogP contribution in [-0.4, -0.2) is 38.5 Å². The molecule has 0 saturated carbocycles. The molecule has 2 N–H and O–H groups in total. The fraction of sp³-hybridized carbons (Fsp3) is 0.500. The molecule has 0 bridgehead atoms. The first-order valence-corrected chi connectivity index (χ1v) is 13.1. The number of hydrazone groups is 1. The van der Waals surface area contributed by atoms with E-state index in [1.54, 1.807) is 20.1 Å². The minimum atomic E-state index is -0.524. The van der Waals surface area contributed by atoms with E-state index in [1.165, 1.54) is 30.4 Å². The quantitative estimate of drug-likeness (QED) is 0.163. The Morgan fingerprint density at radius 1 is 1.11 bits per heavy atom. The van der Waals surface area contributed by atoms with Crippen LogP contribution in [0, 0.1) is 0 Å². The van der Waals surface area contributed by atoms with E-state index in [1.807, 2.05) is 12.1 Å². The van der Waals surface area contributed by atoms with Crippen LogP contribution in [0.2, 0.25) is 0 Å². The first kappa shape index (κ1) is 26.5. The van der Waals surface area contributed by atoms with Crippen molar-refractivity contribution in [1.29, 1.82) is 0 Å². The summed E-state index contributed by atoms with van der Waals surface area (Å²) < 4.78 is 16.5. The van der Waals surface area contributed by atoms with Crippen LogP contribution in [0.1, 0.15) is 78.7 Å². The Kier molecular flexibility index (Phi) is 10.4. The van der Waals surface area contributed by atoms with Gasteiger partial charge < -0.3 is 14.2 Å². The van der Waals surface area contributed by atoms with Crippen LogP contribution in [0.4, 0.5) is 9.80 Å². The molecule has 0 radical (unpaired) electrons. The molecule has 0 unspecified atom stereocenters. The molecular formula is C26H35N3O5S. The van der Waals surface area contributed by atoms with Gasteiger partial charge in [-0.3, -0.25) is 5.32 Å². The van der Waals surface area contributed by atoms with Crippen LogP contribution in [-0.2, 0) is 17.6 Å². The standard InChI is InChI=1S/C26H35N3O5S/c1-4-6-7-10-15-34-20-14-13-18(16-21(20)32-3)17-27-29-26(31)28-24-23(25(30)33-5-2)19-11-8-9-12-22(19)35-24/h13-14,16-17H,4-12,15H2,1-3H3,(H2,28,29,31)/b27-17-. The van der Waals surface area contributed by atoms with Crippen molar-refractivity contribution in [1.82, 2.24) is 5.43 Å². The van der Waals surface area contributed by atoms with E-state index in [0.29, 0.717) is 28.7 Å². The van der Waals surface area contributed by atoms with Crippen molar-refractivity contribution in [3.8, 4) is 11.5 Å². The molecule has 35 heavy (non-hydrogen) atoms. The molecule has 3 rings (SSSR count). The molecule has 2 aromatic rings. The number of methoxy groups -OCH3 is 1. The van der Waals surface area contributed by atoms with Crippen molar-refractivity contribution in [3.63, 3.8) is 0 Å². The summed E-state index contributed by atoms with van der Waals surface area (Å²) in [7, 11) is 1.59. The molecule has 9 heteroatoms. The summed E-state index contributed by atoms with van der Waals surface area (Å²) in [6, 6.07) is 4.96. The number of nitrogens with one attached hydrogen (secondary N) is 2. The van der Waals surface area contributed by atoms with Gasteiger partial charge in [0.15, 0.2) is 11.5 Å². The van der Waals surface area contributed by atoms with Gasteiger partial charge in [-0.25, -0.2) is 15.0 Å². The topological polar surface area (TPSA) is 98.2 Å². The second kappa shape index (κ2) is 13.7. The Balaban J connectivity index is 1.60. The summed E-state index contributed by atoms with van der Waals surface area (Å²) in [6.45, 7) is 4.88. The number of carbonyl (C=O) groups is 2. The van der Waals surface area contributed by atoms with Crippen LogP contribution >= 0.6 is 11.3 Å². The summed E-state index contributed by atoms with van der Waals surface area (Å²) in [5.41, 5.74) is 4.69. The summed E-state index contributed by atoms with van der Waals surface area (Å²) in [5, 5.41) is 7.31. The van der Waals surface area contributed by atoms with Crippen LogP contribution in [0.3, 0.4) is 0 Å². The van der Waals surface area contributed by atoms with Crippen molar-refractivity contribution in [3.05, 3.63) is 39.8 Å². The number of thiophene rings is 1. The molecular weight excluding hydrogens is 466 g/mol. The predicted octanol–water partition coefficient (Wildman–Crippen LogP) is 5.93. The zero-order chi connectivity index (χ0) is 25.0. The minimum absolute atomic E-state index is 0.283. The number of hydrogen-bond acceptors (Lipinski definition) is 7. The second-order valence-corrected chi connectivity index (χ2v) is 9.38. The molecule has 1 aromatic carbocycles. The fourth-order valence-corrected chi connectivity index (χ4v) is 5.24. The van der Waals surface area contributed by atoms with Gasteiger partial charge in [0, 0.05) is 4.88 Å². The highest BCUT2D eigenvalue weighted by Gasteiger charge is 2.27. The van der Waals surface area contributed by atoms with Gasteiger partial charge in [-0.05, 0) is 68.4 Å². The summed E-state index contributed by atoms with van der Waals surface area (Å²) in [6.07, 6.45) is 9.91. The molecule has 0 fully saturated rings. The van der Waals surface area contributed by atoms with Gasteiger partial charge in [-0.15, -0.1) is 11.3 Å². The number of urea groups is 1. The number of hydrogen-bond donors (Lipinski definition) is 2. The van der Waals surface area contributed by atoms with Crippen LogP contribution in [0.15, 0.2) is 23.3 Å². The van der Waals surface area contributed by atoms with Gasteiger partial charge in [0.1, 0.15) is 5.00 Å². The van der Waals surface area contributed by atoms with Crippen molar-refractivity contribution in [2.45, 2.75) is 65.2 Å². The lowest BCUT2D eigenvalue weighted by Gasteiger charge is -2.12. The average Bonchev–Trinajstić information content (AvgIpc) is 3.22. The molecule has 8 nitrogen and oxygen atoms in total. The number of esters is 1. The maximum absolute atomic E-state index is 12.5. The highest BCUT2D eigenvalue weighted by Crippen LogP contribution is 2.38. The SMILES string of the molecule is CCCCCCOc1ccc(/C=N\NC(=O)Nc2sc3c(c2C(=O)OCC)CCCC3)cc1OC. The average molecular weight is 502 g/mol. The number of carbonyl (C=O) groups excluding carboxylic acids is 2. The Morgan fingerprint density at radius 2 is 1.94 bits per heavy atom. The van der Waals surface area contributed by atoms with Crippen molar-refractivity contribution in [2.24, 2.45) is 5.10 Å². The Bertz CT molecular complexity index is 1030. The molecule has 190 valence electrons. The van der Waals surface area contributed by atoms with Gasteiger partial charge in [0.2, 0.25) is 0 Å². The lowest BCUT2D eigenvalue weighted by atomic mass is 9.95. The van der Waals surface area contributed by atoms with Crippen molar-refractivity contribution < 1.29 is 23.8 Å². The third kappa shape index (κ3) is 7.45. The first-order chi connectivity index (χ1) is 17.1. The second-order valence-electron chi connectivity index (χ2n) is 8.28. The molecule has 0 aliphatic heterocycles. The van der Waals surface area contributed by atoms with Gasteiger partial charge in [0.25, 0.3) is 0 Å². The summed E-state index contributed by atoms with van der Waals surface area (Å²) in [4.78, 5) is 26.2. The number of amides is 2. The number of ether oxygens (including phenoxy) is 3. The molecule has 2 amide bonds. The van der Waals surface area contributed by atoms with Crippen LogP contribution in [0.5, 0.6) is 11.5 Å². The van der Waals surface area contributed by atoms with E-state index >= 15 is 0 Å². The Hall–Kier alpha value is -3.07. The van der Waals surface area contributed by atoms with Gasteiger partial charge in [0.05, 0.1) is 32.1 Å².